The monoisotopic (exact) mass is 601 g/mol. The molecule has 2 heterocycles. The summed E-state index contributed by atoms with van der Waals surface area (Å²) in [5.41, 5.74) is 3.62. The van der Waals surface area contributed by atoms with Crippen molar-refractivity contribution >= 4 is 30.7 Å². The fourth-order valence-corrected chi connectivity index (χ4v) is 6.34. The Hall–Kier alpha value is -2.97. The molecule has 2 fully saturated rings. The van der Waals surface area contributed by atoms with Crippen LogP contribution in [0, 0.1) is 0 Å². The number of rotatable bonds is 8. The molecule has 0 N–H and O–H groups in total. The van der Waals surface area contributed by atoms with Crippen LogP contribution in [0.5, 0.6) is 17.2 Å². The molecule has 0 bridgehead atoms. The van der Waals surface area contributed by atoms with E-state index in [-0.39, 0.29) is 48.7 Å². The van der Waals surface area contributed by atoms with Crippen molar-refractivity contribution in [3.8, 4) is 17.2 Å². The zero-order chi connectivity index (χ0) is 27.4. The molecule has 2 aliphatic heterocycles. The van der Waals surface area contributed by atoms with Crippen LogP contribution in [0.2, 0.25) is 0 Å². The van der Waals surface area contributed by atoms with Crippen LogP contribution in [-0.2, 0) is 11.3 Å². The molecule has 0 spiro atoms. The second-order valence-electron chi connectivity index (χ2n) is 10.4. The van der Waals surface area contributed by atoms with Crippen molar-refractivity contribution in [2.24, 2.45) is 0 Å². The maximum absolute atomic E-state index is 12.4. The molecular weight excluding hydrogens is 561 g/mol. The molecule has 0 saturated carbocycles. The molecule has 7 nitrogen and oxygen atoms in total. The third kappa shape index (κ3) is 7.09. The van der Waals surface area contributed by atoms with Crippen molar-refractivity contribution in [2.45, 2.75) is 31.5 Å². The number of piperazine rings is 2. The summed E-state index contributed by atoms with van der Waals surface area (Å²) in [6, 6.07) is 25.9. The van der Waals surface area contributed by atoms with Gasteiger partial charge in [-0.1, -0.05) is 60.7 Å². The van der Waals surface area contributed by atoms with E-state index in [4.69, 9.17) is 14.2 Å². The van der Waals surface area contributed by atoms with Crippen molar-refractivity contribution in [3.05, 3.63) is 89.5 Å². The van der Waals surface area contributed by atoms with E-state index in [9.17, 15) is 4.79 Å². The van der Waals surface area contributed by atoms with E-state index < -0.39 is 0 Å². The quantitative estimate of drug-likeness (QED) is 0.358. The first kappa shape index (κ1) is 32.5. The summed E-state index contributed by atoms with van der Waals surface area (Å²) in [6.45, 7) is 6.45. The van der Waals surface area contributed by atoms with E-state index in [0.717, 1.165) is 49.8 Å². The van der Waals surface area contributed by atoms with Crippen molar-refractivity contribution in [3.63, 3.8) is 0 Å². The summed E-state index contributed by atoms with van der Waals surface area (Å²) >= 11 is 0. The SMILES string of the molecule is COc1cc(OC)c(CN2CC(C(c3ccccc3)c3ccccc3)N3CCN(C(C)=O)C[C@H]3C2)c(OC)c1.Cl.Cl. The summed E-state index contributed by atoms with van der Waals surface area (Å²) in [6.07, 6.45) is 0. The predicted octanol–water partition coefficient (Wildman–Crippen LogP) is 5.11. The van der Waals surface area contributed by atoms with E-state index >= 15 is 0 Å². The lowest BCUT2D eigenvalue weighted by Crippen LogP contribution is -2.67. The normalized spacial score (nSPS) is 19.0. The molecule has 2 aliphatic rings. The van der Waals surface area contributed by atoms with Gasteiger partial charge in [-0.2, -0.15) is 0 Å². The first-order valence-corrected chi connectivity index (χ1v) is 13.6. The second-order valence-corrected chi connectivity index (χ2v) is 10.4. The highest BCUT2D eigenvalue weighted by atomic mass is 35.5. The number of halogens is 2. The maximum Gasteiger partial charge on any atom is 0.219 e. The lowest BCUT2D eigenvalue weighted by atomic mass is 9.81. The van der Waals surface area contributed by atoms with Gasteiger partial charge in [0.15, 0.2) is 0 Å². The molecule has 2 saturated heterocycles. The van der Waals surface area contributed by atoms with Crippen molar-refractivity contribution in [2.75, 3.05) is 54.1 Å². The molecule has 9 heteroatoms. The topological polar surface area (TPSA) is 54.5 Å². The summed E-state index contributed by atoms with van der Waals surface area (Å²) in [4.78, 5) is 19.5. The highest BCUT2D eigenvalue weighted by molar-refractivity contribution is 5.85. The standard InChI is InChI=1S/C32H39N3O4.2ClH/c1-23(36)34-15-16-35-26(20-34)19-33(21-28-30(38-3)17-27(37-2)18-31(28)39-4)22-29(35)32(24-11-7-5-8-12-24)25-13-9-6-10-14-25;;/h5-14,17-18,26,29,32H,15-16,19-22H2,1-4H3;2*1H/t26-,29?;;/m1../s1. The fraction of sp³-hybridized carbons (Fsp3) is 0.406. The molecule has 3 aromatic rings. The van der Waals surface area contributed by atoms with Crippen LogP contribution in [0.1, 0.15) is 29.5 Å². The number of carbonyl (C=O) groups excluding carboxylic acids is 1. The van der Waals surface area contributed by atoms with Gasteiger partial charge in [-0.25, -0.2) is 0 Å². The molecule has 0 aromatic heterocycles. The number of hydrogen-bond acceptors (Lipinski definition) is 6. The summed E-state index contributed by atoms with van der Waals surface area (Å²) in [5, 5.41) is 0. The highest BCUT2D eigenvalue weighted by Crippen LogP contribution is 2.39. The molecule has 0 aliphatic carbocycles. The van der Waals surface area contributed by atoms with E-state index in [0.29, 0.717) is 12.3 Å². The van der Waals surface area contributed by atoms with E-state index in [1.807, 2.05) is 17.0 Å². The molecular formula is C32H41Cl2N3O4. The zero-order valence-electron chi connectivity index (χ0n) is 24.2. The number of carbonyl (C=O) groups is 1. The van der Waals surface area contributed by atoms with Gasteiger partial charge in [0.05, 0.1) is 26.9 Å². The number of nitrogens with zero attached hydrogens (tertiary/aromatic N) is 3. The molecule has 41 heavy (non-hydrogen) atoms. The molecule has 3 aromatic carbocycles. The first-order valence-electron chi connectivity index (χ1n) is 13.6. The van der Waals surface area contributed by atoms with E-state index in [1.165, 1.54) is 11.1 Å². The van der Waals surface area contributed by atoms with Gasteiger partial charge in [0.1, 0.15) is 17.2 Å². The summed E-state index contributed by atoms with van der Waals surface area (Å²) < 4.78 is 17.1. The van der Waals surface area contributed by atoms with Crippen molar-refractivity contribution in [1.29, 1.82) is 0 Å². The van der Waals surface area contributed by atoms with E-state index in [1.54, 1.807) is 28.3 Å². The number of methoxy groups -OCH3 is 3. The Kier molecular flexibility index (Phi) is 11.7. The van der Waals surface area contributed by atoms with Gasteiger partial charge in [-0.3, -0.25) is 14.6 Å². The molecule has 1 amide bonds. The van der Waals surface area contributed by atoms with Gasteiger partial charge < -0.3 is 19.1 Å². The van der Waals surface area contributed by atoms with Crippen LogP contribution in [-0.4, -0.2) is 86.7 Å². The largest absolute Gasteiger partial charge is 0.496 e. The average Bonchev–Trinajstić information content (AvgIpc) is 2.98. The number of fused-ring (bicyclic) bond motifs is 1. The van der Waals surface area contributed by atoms with Gasteiger partial charge in [0.25, 0.3) is 0 Å². The van der Waals surface area contributed by atoms with Crippen molar-refractivity contribution < 1.29 is 19.0 Å². The van der Waals surface area contributed by atoms with Crippen LogP contribution >= 0.6 is 24.8 Å². The smallest absolute Gasteiger partial charge is 0.219 e. The molecule has 5 rings (SSSR count). The first-order chi connectivity index (χ1) is 19.0. The fourth-order valence-electron chi connectivity index (χ4n) is 6.34. The molecule has 222 valence electrons. The minimum absolute atomic E-state index is 0. The Morgan fingerprint density at radius 1 is 0.805 bits per heavy atom. The molecule has 2 atom stereocenters. The van der Waals surface area contributed by atoms with E-state index in [2.05, 4.69) is 70.5 Å². The Morgan fingerprint density at radius 2 is 1.37 bits per heavy atom. The third-order valence-corrected chi connectivity index (χ3v) is 8.21. The van der Waals surface area contributed by atoms with Gasteiger partial charge >= 0.3 is 0 Å². The maximum atomic E-state index is 12.4. The number of hydrogen-bond donors (Lipinski definition) is 0. The minimum Gasteiger partial charge on any atom is -0.496 e. The highest BCUT2D eigenvalue weighted by Gasteiger charge is 2.43. The predicted molar refractivity (Wildman–Crippen MR) is 167 cm³/mol. The summed E-state index contributed by atoms with van der Waals surface area (Å²) in [5.74, 6) is 2.54. The summed E-state index contributed by atoms with van der Waals surface area (Å²) in [7, 11) is 5.02. The van der Waals surface area contributed by atoms with Gasteiger partial charge in [-0.15, -0.1) is 24.8 Å². The van der Waals surface area contributed by atoms with Crippen LogP contribution in [0.15, 0.2) is 72.8 Å². The minimum atomic E-state index is 0. The number of benzene rings is 3. The average molecular weight is 603 g/mol. The Balaban J connectivity index is 0.00000231. The Morgan fingerprint density at radius 3 is 1.85 bits per heavy atom. The molecule has 0 radical (unpaired) electrons. The van der Waals surface area contributed by atoms with Gasteiger partial charge in [-0.05, 0) is 11.1 Å². The lowest BCUT2D eigenvalue weighted by Gasteiger charge is -2.53. The van der Waals surface area contributed by atoms with Gasteiger partial charge in [0, 0.05) is 76.3 Å². The zero-order valence-corrected chi connectivity index (χ0v) is 25.8. The van der Waals surface area contributed by atoms with Crippen LogP contribution in [0.4, 0.5) is 0 Å². The Labute approximate surface area is 256 Å². The number of ether oxygens (including phenoxy) is 3. The Bertz CT molecular complexity index is 1200. The lowest BCUT2D eigenvalue weighted by molar-refractivity contribution is -0.134. The van der Waals surface area contributed by atoms with Crippen LogP contribution in [0.25, 0.3) is 0 Å². The third-order valence-electron chi connectivity index (χ3n) is 8.21. The van der Waals surface area contributed by atoms with Gasteiger partial charge in [0.2, 0.25) is 5.91 Å². The number of amides is 1. The van der Waals surface area contributed by atoms with Crippen LogP contribution in [0.3, 0.4) is 0 Å². The second kappa shape index (κ2) is 14.8. The van der Waals surface area contributed by atoms with Crippen LogP contribution < -0.4 is 14.2 Å². The molecule has 1 unspecified atom stereocenters. The van der Waals surface area contributed by atoms with Crippen molar-refractivity contribution in [1.82, 2.24) is 14.7 Å².